The molecule has 0 aliphatic heterocycles. The fourth-order valence-corrected chi connectivity index (χ4v) is 2.41. The Morgan fingerprint density at radius 2 is 1.53 bits per heavy atom. The van der Waals surface area contributed by atoms with Crippen molar-refractivity contribution in [3.05, 3.63) is 71.5 Å². The van der Waals surface area contributed by atoms with Gasteiger partial charge in [0.25, 0.3) is 17.7 Å². The SMILES string of the molecule is CC(C)[C@H](NC(=O)c1ccccc1F)C(=O)OCC(=O)NNC(=O)c1ccccc1. The Kier molecular flexibility index (Phi) is 8.04. The fraction of sp³-hybridized carbons (Fsp3) is 0.238. The highest BCUT2D eigenvalue weighted by Crippen LogP contribution is 2.10. The Labute approximate surface area is 172 Å². The minimum Gasteiger partial charge on any atom is -0.454 e. The number of rotatable bonds is 7. The largest absolute Gasteiger partial charge is 0.454 e. The normalized spacial score (nSPS) is 11.3. The molecule has 3 N–H and O–H groups in total. The number of amides is 3. The second-order valence-corrected chi connectivity index (χ2v) is 6.65. The maximum absolute atomic E-state index is 13.8. The molecule has 158 valence electrons. The molecule has 8 nitrogen and oxygen atoms in total. The van der Waals surface area contributed by atoms with Gasteiger partial charge < -0.3 is 10.1 Å². The Balaban J connectivity index is 1.86. The van der Waals surface area contributed by atoms with Crippen LogP contribution in [0, 0.1) is 11.7 Å². The minimum absolute atomic E-state index is 0.211. The number of hydrogen-bond acceptors (Lipinski definition) is 5. The lowest BCUT2D eigenvalue weighted by Crippen LogP contribution is -2.47. The summed E-state index contributed by atoms with van der Waals surface area (Å²) in [6, 6.07) is 12.5. The second-order valence-electron chi connectivity index (χ2n) is 6.65. The average Bonchev–Trinajstić information content (AvgIpc) is 2.74. The molecule has 2 aromatic rings. The van der Waals surface area contributed by atoms with Gasteiger partial charge in [-0.2, -0.15) is 0 Å². The molecule has 1 atom stereocenters. The third-order valence-corrected chi connectivity index (χ3v) is 4.02. The number of hydrogen-bond donors (Lipinski definition) is 3. The first-order valence-corrected chi connectivity index (χ1v) is 9.16. The van der Waals surface area contributed by atoms with Crippen molar-refractivity contribution in [3.8, 4) is 0 Å². The molecule has 0 saturated heterocycles. The zero-order chi connectivity index (χ0) is 22.1. The average molecular weight is 415 g/mol. The van der Waals surface area contributed by atoms with E-state index in [9.17, 15) is 23.6 Å². The van der Waals surface area contributed by atoms with E-state index >= 15 is 0 Å². The molecule has 0 radical (unpaired) electrons. The number of carbonyl (C=O) groups is 4. The van der Waals surface area contributed by atoms with Crippen molar-refractivity contribution in [1.82, 2.24) is 16.2 Å². The van der Waals surface area contributed by atoms with Gasteiger partial charge in [0.15, 0.2) is 6.61 Å². The van der Waals surface area contributed by atoms with Crippen molar-refractivity contribution in [1.29, 1.82) is 0 Å². The molecule has 3 amide bonds. The van der Waals surface area contributed by atoms with Gasteiger partial charge in [0.05, 0.1) is 5.56 Å². The Hall–Kier alpha value is -3.75. The first kappa shape index (κ1) is 22.5. The van der Waals surface area contributed by atoms with Crippen LogP contribution in [0.4, 0.5) is 4.39 Å². The Bertz CT molecular complexity index is 918. The zero-order valence-electron chi connectivity index (χ0n) is 16.5. The van der Waals surface area contributed by atoms with E-state index in [2.05, 4.69) is 16.2 Å². The summed E-state index contributed by atoms with van der Waals surface area (Å²) in [6.07, 6.45) is 0. The van der Waals surface area contributed by atoms with E-state index in [1.54, 1.807) is 44.2 Å². The number of halogens is 1. The first-order chi connectivity index (χ1) is 14.3. The van der Waals surface area contributed by atoms with Gasteiger partial charge in [0, 0.05) is 5.56 Å². The summed E-state index contributed by atoms with van der Waals surface area (Å²) in [5, 5.41) is 2.41. The highest BCUT2D eigenvalue weighted by Gasteiger charge is 2.27. The van der Waals surface area contributed by atoms with Crippen molar-refractivity contribution in [2.24, 2.45) is 5.92 Å². The summed E-state index contributed by atoms with van der Waals surface area (Å²) < 4.78 is 18.7. The number of carbonyl (C=O) groups excluding carboxylic acids is 4. The van der Waals surface area contributed by atoms with Gasteiger partial charge in [-0.1, -0.05) is 44.2 Å². The van der Waals surface area contributed by atoms with Crippen LogP contribution in [0.1, 0.15) is 34.6 Å². The molecule has 2 rings (SSSR count). The Morgan fingerprint density at radius 3 is 2.17 bits per heavy atom. The fourth-order valence-electron chi connectivity index (χ4n) is 2.41. The molecule has 0 fully saturated rings. The van der Waals surface area contributed by atoms with Crippen molar-refractivity contribution in [3.63, 3.8) is 0 Å². The highest BCUT2D eigenvalue weighted by molar-refractivity contribution is 5.97. The Morgan fingerprint density at radius 1 is 0.900 bits per heavy atom. The zero-order valence-corrected chi connectivity index (χ0v) is 16.5. The summed E-state index contributed by atoms with van der Waals surface area (Å²) >= 11 is 0. The summed E-state index contributed by atoms with van der Waals surface area (Å²) in [4.78, 5) is 48.2. The number of benzene rings is 2. The lowest BCUT2D eigenvalue weighted by Gasteiger charge is -2.21. The van der Waals surface area contributed by atoms with E-state index in [0.717, 1.165) is 6.07 Å². The predicted molar refractivity (Wildman–Crippen MR) is 106 cm³/mol. The van der Waals surface area contributed by atoms with Crippen LogP contribution in [0.3, 0.4) is 0 Å². The topological polar surface area (TPSA) is 114 Å². The van der Waals surface area contributed by atoms with Crippen molar-refractivity contribution in [2.45, 2.75) is 19.9 Å². The smallest absolute Gasteiger partial charge is 0.329 e. The van der Waals surface area contributed by atoms with Crippen LogP contribution < -0.4 is 16.2 Å². The van der Waals surface area contributed by atoms with Crippen LogP contribution in [0.15, 0.2) is 54.6 Å². The monoisotopic (exact) mass is 415 g/mol. The molecule has 0 aliphatic rings. The molecule has 0 saturated carbocycles. The van der Waals surface area contributed by atoms with Gasteiger partial charge >= 0.3 is 5.97 Å². The van der Waals surface area contributed by atoms with Crippen LogP contribution in [0.2, 0.25) is 0 Å². The van der Waals surface area contributed by atoms with Crippen LogP contribution in [0.5, 0.6) is 0 Å². The van der Waals surface area contributed by atoms with Gasteiger partial charge in [0.2, 0.25) is 0 Å². The standard InChI is InChI=1S/C21H22FN3O5/c1-13(2)18(23-20(28)15-10-6-7-11-16(15)22)21(29)30-12-17(26)24-25-19(27)14-8-4-3-5-9-14/h3-11,13,18H,12H2,1-2H3,(H,23,28)(H,24,26)(H,25,27)/t18-/m0/s1. The highest BCUT2D eigenvalue weighted by atomic mass is 19.1. The van der Waals surface area contributed by atoms with Gasteiger partial charge in [-0.05, 0) is 30.2 Å². The maximum Gasteiger partial charge on any atom is 0.329 e. The number of ether oxygens (including phenoxy) is 1. The third-order valence-electron chi connectivity index (χ3n) is 4.02. The van der Waals surface area contributed by atoms with E-state index in [1.165, 1.54) is 18.2 Å². The van der Waals surface area contributed by atoms with Gasteiger partial charge in [0.1, 0.15) is 11.9 Å². The molecule has 0 heterocycles. The molecular formula is C21H22FN3O5. The van der Waals surface area contributed by atoms with Crippen molar-refractivity contribution < 1.29 is 28.3 Å². The third kappa shape index (κ3) is 6.40. The van der Waals surface area contributed by atoms with Gasteiger partial charge in [-0.3, -0.25) is 25.2 Å². The molecular weight excluding hydrogens is 393 g/mol. The molecule has 0 spiro atoms. The summed E-state index contributed by atoms with van der Waals surface area (Å²) in [5.74, 6) is -4.04. The van der Waals surface area contributed by atoms with Crippen LogP contribution in [-0.2, 0) is 14.3 Å². The molecule has 0 aliphatic carbocycles. The van der Waals surface area contributed by atoms with Crippen LogP contribution in [0.25, 0.3) is 0 Å². The molecule has 30 heavy (non-hydrogen) atoms. The minimum atomic E-state index is -1.09. The summed E-state index contributed by atoms with van der Waals surface area (Å²) in [5.41, 5.74) is 4.45. The number of hydrazine groups is 1. The van der Waals surface area contributed by atoms with E-state index in [0.29, 0.717) is 5.56 Å². The lowest BCUT2D eigenvalue weighted by molar-refractivity contribution is -0.151. The van der Waals surface area contributed by atoms with Gasteiger partial charge in [-0.25, -0.2) is 9.18 Å². The molecule has 0 aromatic heterocycles. The van der Waals surface area contributed by atoms with Crippen LogP contribution >= 0.6 is 0 Å². The molecule has 0 bridgehead atoms. The van der Waals surface area contributed by atoms with Gasteiger partial charge in [-0.15, -0.1) is 0 Å². The van der Waals surface area contributed by atoms with Crippen LogP contribution in [-0.4, -0.2) is 36.3 Å². The maximum atomic E-state index is 13.8. The summed E-state index contributed by atoms with van der Waals surface area (Å²) in [7, 11) is 0. The van der Waals surface area contributed by atoms with Crippen molar-refractivity contribution >= 4 is 23.7 Å². The molecule has 2 aromatic carbocycles. The summed E-state index contributed by atoms with van der Waals surface area (Å²) in [6.45, 7) is 2.65. The van der Waals surface area contributed by atoms with E-state index in [4.69, 9.17) is 4.74 Å². The van der Waals surface area contributed by atoms with E-state index in [-0.39, 0.29) is 11.5 Å². The second kappa shape index (κ2) is 10.7. The number of nitrogens with one attached hydrogen (secondary N) is 3. The molecule has 0 unspecified atom stereocenters. The first-order valence-electron chi connectivity index (χ1n) is 9.16. The van der Waals surface area contributed by atoms with E-state index < -0.39 is 42.2 Å². The number of esters is 1. The quantitative estimate of drug-likeness (QED) is 0.469. The lowest BCUT2D eigenvalue weighted by atomic mass is 10.0. The molecule has 9 heteroatoms. The van der Waals surface area contributed by atoms with E-state index in [1.807, 2.05) is 0 Å². The predicted octanol–water partition coefficient (Wildman–Crippen LogP) is 1.58. The van der Waals surface area contributed by atoms with Crippen molar-refractivity contribution in [2.75, 3.05) is 6.61 Å².